The van der Waals surface area contributed by atoms with Crippen LogP contribution in [0, 0.1) is 16.0 Å². The lowest BCUT2D eigenvalue weighted by molar-refractivity contribution is -0.385. The summed E-state index contributed by atoms with van der Waals surface area (Å²) >= 11 is 0. The van der Waals surface area contributed by atoms with Crippen LogP contribution in [0.3, 0.4) is 0 Å². The van der Waals surface area contributed by atoms with Crippen LogP contribution in [0.25, 0.3) is 0 Å². The molecule has 2 heterocycles. The lowest BCUT2D eigenvalue weighted by Crippen LogP contribution is -2.29. The van der Waals surface area contributed by atoms with Gasteiger partial charge in [-0.2, -0.15) is 5.10 Å². The minimum Gasteiger partial charge on any atom is -0.447 e. The number of ether oxygens (including phenoxy) is 1. The highest BCUT2D eigenvalue weighted by molar-refractivity contribution is 5.85. The molecule has 1 aliphatic rings. The van der Waals surface area contributed by atoms with Gasteiger partial charge in [0, 0.05) is 12.6 Å². The molecule has 0 aliphatic carbocycles. The number of nitro benzene ring substituents is 1. The second-order valence-corrected chi connectivity index (χ2v) is 5.42. The molecule has 23 heavy (non-hydrogen) atoms. The summed E-state index contributed by atoms with van der Waals surface area (Å²) in [4.78, 5) is 10.5. The molecule has 7 nitrogen and oxygen atoms in total. The van der Waals surface area contributed by atoms with E-state index in [1.165, 1.54) is 6.07 Å². The Balaban J connectivity index is 0.00000192. The van der Waals surface area contributed by atoms with Crippen LogP contribution in [0.15, 0.2) is 36.7 Å². The zero-order valence-corrected chi connectivity index (χ0v) is 13.4. The predicted molar refractivity (Wildman–Crippen MR) is 88.2 cm³/mol. The zero-order chi connectivity index (χ0) is 15.4. The van der Waals surface area contributed by atoms with Crippen LogP contribution in [0.5, 0.6) is 11.5 Å². The maximum absolute atomic E-state index is 11.0. The van der Waals surface area contributed by atoms with E-state index in [0.29, 0.717) is 11.7 Å². The standard InChI is InChI=1S/C15H18N4O3.ClH/c20-19(21)14-3-1-2-4-15(14)22-13-9-17-18(11-13)10-12-5-7-16-8-6-12;/h1-4,9,11-12,16H,5-8,10H2;1H. The topological polar surface area (TPSA) is 82.2 Å². The SMILES string of the molecule is Cl.O=[N+]([O-])c1ccccc1Oc1cnn(CC2CCNCC2)c1. The van der Waals surface area contributed by atoms with Crippen molar-refractivity contribution in [1.82, 2.24) is 15.1 Å². The van der Waals surface area contributed by atoms with E-state index in [9.17, 15) is 10.1 Å². The highest BCUT2D eigenvalue weighted by Gasteiger charge is 2.17. The molecule has 1 aromatic heterocycles. The summed E-state index contributed by atoms with van der Waals surface area (Å²) in [6, 6.07) is 6.34. The Labute approximate surface area is 140 Å². The average Bonchev–Trinajstić information content (AvgIpc) is 2.96. The third kappa shape index (κ3) is 4.43. The third-order valence-corrected chi connectivity index (χ3v) is 3.80. The summed E-state index contributed by atoms with van der Waals surface area (Å²) in [5.41, 5.74) is -0.0476. The van der Waals surface area contributed by atoms with E-state index in [4.69, 9.17) is 4.74 Å². The molecular weight excluding hydrogens is 320 g/mol. The van der Waals surface area contributed by atoms with Gasteiger partial charge in [0.25, 0.3) is 0 Å². The van der Waals surface area contributed by atoms with Gasteiger partial charge in [0.15, 0.2) is 5.75 Å². The summed E-state index contributed by atoms with van der Waals surface area (Å²) in [6.45, 7) is 2.94. The molecule has 8 heteroatoms. The molecule has 0 spiro atoms. The molecule has 0 atom stereocenters. The van der Waals surface area contributed by atoms with Crippen LogP contribution >= 0.6 is 12.4 Å². The van der Waals surface area contributed by atoms with Gasteiger partial charge in [-0.1, -0.05) is 12.1 Å². The Kier molecular flexibility index (Phi) is 5.95. The first kappa shape index (κ1) is 17.2. The van der Waals surface area contributed by atoms with E-state index in [1.54, 1.807) is 30.6 Å². The molecule has 0 unspecified atom stereocenters. The zero-order valence-electron chi connectivity index (χ0n) is 12.6. The van der Waals surface area contributed by atoms with Crippen LogP contribution in [0.1, 0.15) is 12.8 Å². The number of aromatic nitrogens is 2. The highest BCUT2D eigenvalue weighted by atomic mass is 35.5. The molecule has 0 bridgehead atoms. The van der Waals surface area contributed by atoms with Gasteiger partial charge in [0.1, 0.15) is 0 Å². The van der Waals surface area contributed by atoms with Crippen molar-refractivity contribution in [2.45, 2.75) is 19.4 Å². The van der Waals surface area contributed by atoms with Crippen molar-refractivity contribution in [3.05, 3.63) is 46.8 Å². The van der Waals surface area contributed by atoms with Crippen LogP contribution in [0.2, 0.25) is 0 Å². The van der Waals surface area contributed by atoms with Crippen molar-refractivity contribution in [3.63, 3.8) is 0 Å². The van der Waals surface area contributed by atoms with Crippen LogP contribution < -0.4 is 10.1 Å². The smallest absolute Gasteiger partial charge is 0.311 e. The molecule has 0 radical (unpaired) electrons. The van der Waals surface area contributed by atoms with Gasteiger partial charge in [0.05, 0.1) is 17.3 Å². The van der Waals surface area contributed by atoms with Crippen LogP contribution in [-0.2, 0) is 6.54 Å². The number of para-hydroxylation sites is 2. The van der Waals surface area contributed by atoms with Gasteiger partial charge >= 0.3 is 5.69 Å². The average molecular weight is 339 g/mol. The fraction of sp³-hybridized carbons (Fsp3) is 0.400. The van der Waals surface area contributed by atoms with Crippen molar-refractivity contribution < 1.29 is 9.66 Å². The van der Waals surface area contributed by atoms with Gasteiger partial charge in [0.2, 0.25) is 5.75 Å². The molecule has 0 amide bonds. The Hall–Kier alpha value is -2.12. The minimum absolute atomic E-state index is 0. The number of nitrogens with zero attached hydrogens (tertiary/aromatic N) is 3. The van der Waals surface area contributed by atoms with E-state index >= 15 is 0 Å². The molecular formula is C15H19ClN4O3. The van der Waals surface area contributed by atoms with E-state index in [-0.39, 0.29) is 23.8 Å². The van der Waals surface area contributed by atoms with Crippen LogP contribution in [0.4, 0.5) is 5.69 Å². The molecule has 124 valence electrons. The lowest BCUT2D eigenvalue weighted by atomic mass is 9.98. The van der Waals surface area contributed by atoms with Crippen molar-refractivity contribution in [1.29, 1.82) is 0 Å². The first-order valence-corrected chi connectivity index (χ1v) is 7.37. The monoisotopic (exact) mass is 338 g/mol. The summed E-state index contributed by atoms with van der Waals surface area (Å²) in [5.74, 6) is 1.36. The van der Waals surface area contributed by atoms with E-state index < -0.39 is 4.92 Å². The summed E-state index contributed by atoms with van der Waals surface area (Å²) in [6.07, 6.45) is 5.66. The van der Waals surface area contributed by atoms with Gasteiger partial charge in [-0.25, -0.2) is 0 Å². The summed E-state index contributed by atoms with van der Waals surface area (Å²) in [7, 11) is 0. The Bertz CT molecular complexity index is 656. The van der Waals surface area contributed by atoms with Crippen molar-refractivity contribution in [2.75, 3.05) is 13.1 Å². The number of piperidine rings is 1. The number of benzene rings is 1. The van der Waals surface area contributed by atoms with Gasteiger partial charge in [-0.15, -0.1) is 12.4 Å². The molecule has 1 saturated heterocycles. The van der Waals surface area contributed by atoms with Gasteiger partial charge in [-0.05, 0) is 37.9 Å². The predicted octanol–water partition coefficient (Wildman–Crippen LogP) is 3.01. The number of nitro groups is 1. The maximum Gasteiger partial charge on any atom is 0.311 e. The quantitative estimate of drug-likeness (QED) is 0.669. The van der Waals surface area contributed by atoms with Crippen molar-refractivity contribution in [2.24, 2.45) is 5.92 Å². The Morgan fingerprint density at radius 2 is 2.09 bits per heavy atom. The molecule has 2 aromatic rings. The second kappa shape index (κ2) is 7.94. The van der Waals surface area contributed by atoms with E-state index in [0.717, 1.165) is 32.5 Å². The number of rotatable bonds is 5. The van der Waals surface area contributed by atoms with Crippen molar-refractivity contribution in [3.8, 4) is 11.5 Å². The summed E-state index contributed by atoms with van der Waals surface area (Å²) in [5, 5.41) is 18.6. The first-order valence-electron chi connectivity index (χ1n) is 7.37. The summed E-state index contributed by atoms with van der Waals surface area (Å²) < 4.78 is 7.45. The van der Waals surface area contributed by atoms with E-state index in [2.05, 4.69) is 10.4 Å². The number of halogens is 1. The van der Waals surface area contributed by atoms with Crippen LogP contribution in [-0.4, -0.2) is 27.8 Å². The highest BCUT2D eigenvalue weighted by Crippen LogP contribution is 2.30. The largest absolute Gasteiger partial charge is 0.447 e. The Morgan fingerprint density at radius 3 is 2.83 bits per heavy atom. The lowest BCUT2D eigenvalue weighted by Gasteiger charge is -2.22. The van der Waals surface area contributed by atoms with Gasteiger partial charge < -0.3 is 10.1 Å². The Morgan fingerprint density at radius 1 is 1.35 bits per heavy atom. The third-order valence-electron chi connectivity index (χ3n) is 3.80. The van der Waals surface area contributed by atoms with Crippen molar-refractivity contribution >= 4 is 18.1 Å². The number of hydrogen-bond acceptors (Lipinski definition) is 5. The molecule has 1 fully saturated rings. The molecule has 3 rings (SSSR count). The minimum atomic E-state index is -0.450. The normalized spacial score (nSPS) is 15.0. The van der Waals surface area contributed by atoms with Gasteiger partial charge in [-0.3, -0.25) is 14.8 Å². The number of nitrogens with one attached hydrogen (secondary N) is 1. The molecule has 1 aromatic carbocycles. The maximum atomic E-state index is 11.0. The molecule has 1 N–H and O–H groups in total. The number of hydrogen-bond donors (Lipinski definition) is 1. The molecule has 0 saturated carbocycles. The fourth-order valence-electron chi connectivity index (χ4n) is 2.65. The fourth-order valence-corrected chi connectivity index (χ4v) is 2.65. The first-order chi connectivity index (χ1) is 10.7. The second-order valence-electron chi connectivity index (χ2n) is 5.42. The molecule has 1 aliphatic heterocycles. The van der Waals surface area contributed by atoms with E-state index in [1.807, 2.05) is 4.68 Å².